The molecule has 2 aliphatic heterocycles. The molecule has 2 saturated heterocycles. The van der Waals surface area contributed by atoms with Gasteiger partial charge in [0, 0.05) is 25.2 Å². The number of hydrogen-bond acceptors (Lipinski definition) is 3. The van der Waals surface area contributed by atoms with Gasteiger partial charge in [-0.2, -0.15) is 0 Å². The molecule has 17 heavy (non-hydrogen) atoms. The monoisotopic (exact) mass is 258 g/mol. The summed E-state index contributed by atoms with van der Waals surface area (Å²) in [5, 5.41) is 3.56. The summed E-state index contributed by atoms with van der Waals surface area (Å²) >= 11 is 0. The van der Waals surface area contributed by atoms with Crippen molar-refractivity contribution in [2.45, 2.75) is 56.7 Å². The van der Waals surface area contributed by atoms with Crippen LogP contribution in [-0.2, 0) is 10.0 Å². The Kier molecular flexibility index (Phi) is 2.96. The fourth-order valence-corrected chi connectivity index (χ4v) is 5.04. The van der Waals surface area contributed by atoms with Crippen LogP contribution in [0.2, 0.25) is 0 Å². The molecular weight excluding hydrogens is 236 g/mol. The summed E-state index contributed by atoms with van der Waals surface area (Å²) in [6.45, 7) is 0. The van der Waals surface area contributed by atoms with E-state index < -0.39 is 10.0 Å². The predicted octanol–water partition coefficient (Wildman–Crippen LogP) is 0.941. The van der Waals surface area contributed by atoms with E-state index >= 15 is 0 Å². The maximum absolute atomic E-state index is 12.2. The summed E-state index contributed by atoms with van der Waals surface area (Å²) < 4.78 is 26.1. The van der Waals surface area contributed by atoms with Gasteiger partial charge in [0.25, 0.3) is 0 Å². The van der Waals surface area contributed by atoms with Crippen molar-refractivity contribution in [3.8, 4) is 0 Å². The third-order valence-electron chi connectivity index (χ3n) is 4.54. The SMILES string of the molecule is CN(C1CC2CCC(C1)N2)S(=O)(=O)CC1CC1. The van der Waals surface area contributed by atoms with E-state index in [9.17, 15) is 8.42 Å². The summed E-state index contributed by atoms with van der Waals surface area (Å²) in [4.78, 5) is 0. The topological polar surface area (TPSA) is 49.4 Å². The van der Waals surface area contributed by atoms with E-state index in [0.29, 0.717) is 23.8 Å². The zero-order valence-electron chi connectivity index (χ0n) is 10.4. The van der Waals surface area contributed by atoms with Gasteiger partial charge in [0.05, 0.1) is 5.75 Å². The standard InChI is InChI=1S/C12H22N2O2S/c1-14(17(15,16)8-9-2-3-9)12-6-10-4-5-11(7-12)13-10/h9-13H,2-8H2,1H3. The molecule has 5 heteroatoms. The molecule has 0 aromatic heterocycles. The van der Waals surface area contributed by atoms with E-state index in [2.05, 4.69) is 5.32 Å². The fourth-order valence-electron chi connectivity index (χ4n) is 3.25. The van der Waals surface area contributed by atoms with Crippen LogP contribution in [0.1, 0.15) is 38.5 Å². The van der Waals surface area contributed by atoms with Crippen molar-refractivity contribution in [2.24, 2.45) is 5.92 Å². The van der Waals surface area contributed by atoms with E-state index in [4.69, 9.17) is 0 Å². The summed E-state index contributed by atoms with van der Waals surface area (Å²) in [5.74, 6) is 0.823. The molecule has 0 aromatic rings. The minimum absolute atomic E-state index is 0.234. The van der Waals surface area contributed by atoms with Gasteiger partial charge in [-0.3, -0.25) is 0 Å². The van der Waals surface area contributed by atoms with Crippen molar-refractivity contribution in [3.63, 3.8) is 0 Å². The maximum Gasteiger partial charge on any atom is 0.214 e. The highest BCUT2D eigenvalue weighted by atomic mass is 32.2. The Morgan fingerprint density at radius 2 is 1.71 bits per heavy atom. The van der Waals surface area contributed by atoms with E-state index in [1.807, 2.05) is 0 Å². The van der Waals surface area contributed by atoms with Crippen molar-refractivity contribution >= 4 is 10.0 Å². The Bertz CT molecular complexity index is 379. The van der Waals surface area contributed by atoms with Gasteiger partial charge in [-0.15, -0.1) is 0 Å². The number of rotatable bonds is 4. The molecule has 2 heterocycles. The Labute approximate surface area is 104 Å². The molecule has 2 unspecified atom stereocenters. The highest BCUT2D eigenvalue weighted by molar-refractivity contribution is 7.89. The lowest BCUT2D eigenvalue weighted by atomic mass is 10.0. The van der Waals surface area contributed by atoms with Crippen molar-refractivity contribution in [1.29, 1.82) is 0 Å². The number of nitrogens with one attached hydrogen (secondary N) is 1. The molecule has 0 aromatic carbocycles. The smallest absolute Gasteiger partial charge is 0.214 e. The van der Waals surface area contributed by atoms with Crippen LogP contribution in [-0.4, -0.2) is 43.6 Å². The first-order valence-corrected chi connectivity index (χ1v) is 8.37. The molecular formula is C12H22N2O2S. The molecule has 0 amide bonds. The molecule has 98 valence electrons. The molecule has 2 bridgehead atoms. The molecule has 0 spiro atoms. The lowest BCUT2D eigenvalue weighted by molar-refractivity contribution is 0.251. The third-order valence-corrected chi connectivity index (χ3v) is 6.61. The number of nitrogens with zero attached hydrogens (tertiary/aromatic N) is 1. The van der Waals surface area contributed by atoms with Crippen molar-refractivity contribution in [3.05, 3.63) is 0 Å². The summed E-state index contributed by atoms with van der Waals surface area (Å²) in [6, 6.07) is 1.34. The molecule has 3 fully saturated rings. The van der Waals surface area contributed by atoms with Crippen LogP contribution in [0.3, 0.4) is 0 Å². The highest BCUT2D eigenvalue weighted by Crippen LogP contribution is 2.34. The first-order valence-electron chi connectivity index (χ1n) is 6.76. The highest BCUT2D eigenvalue weighted by Gasteiger charge is 2.39. The normalized spacial score (nSPS) is 37.6. The van der Waals surface area contributed by atoms with Crippen LogP contribution in [0.4, 0.5) is 0 Å². The Morgan fingerprint density at radius 1 is 1.12 bits per heavy atom. The Morgan fingerprint density at radius 3 is 2.24 bits per heavy atom. The van der Waals surface area contributed by atoms with Crippen molar-refractivity contribution in [2.75, 3.05) is 12.8 Å². The van der Waals surface area contributed by atoms with Gasteiger partial charge in [0.15, 0.2) is 0 Å². The average molecular weight is 258 g/mol. The molecule has 2 atom stereocenters. The van der Waals surface area contributed by atoms with Gasteiger partial charge in [-0.25, -0.2) is 12.7 Å². The molecule has 0 radical (unpaired) electrons. The summed E-state index contributed by atoms with van der Waals surface area (Å²) in [5.41, 5.74) is 0. The van der Waals surface area contributed by atoms with Crippen LogP contribution in [0.25, 0.3) is 0 Å². The summed E-state index contributed by atoms with van der Waals surface area (Å²) in [7, 11) is -1.23. The molecule has 3 aliphatic rings. The summed E-state index contributed by atoms with van der Waals surface area (Å²) in [6.07, 6.45) is 6.64. The van der Waals surface area contributed by atoms with Gasteiger partial charge in [-0.05, 0) is 44.4 Å². The van der Waals surface area contributed by atoms with E-state index in [1.165, 1.54) is 12.8 Å². The first-order chi connectivity index (χ1) is 8.04. The van der Waals surface area contributed by atoms with Gasteiger partial charge < -0.3 is 5.32 Å². The minimum atomic E-state index is -3.01. The molecule has 3 rings (SSSR count). The largest absolute Gasteiger partial charge is 0.311 e. The van der Waals surface area contributed by atoms with Gasteiger partial charge in [0.1, 0.15) is 0 Å². The second-order valence-electron chi connectivity index (χ2n) is 6.00. The number of fused-ring (bicyclic) bond motifs is 2. The van der Waals surface area contributed by atoms with E-state index in [-0.39, 0.29) is 6.04 Å². The zero-order valence-corrected chi connectivity index (χ0v) is 11.2. The lowest BCUT2D eigenvalue weighted by Gasteiger charge is -2.34. The van der Waals surface area contributed by atoms with Gasteiger partial charge in [0.2, 0.25) is 10.0 Å². The zero-order chi connectivity index (χ0) is 12.0. The second-order valence-corrected chi connectivity index (χ2v) is 8.07. The van der Waals surface area contributed by atoms with Crippen LogP contribution in [0.15, 0.2) is 0 Å². The van der Waals surface area contributed by atoms with Crippen LogP contribution < -0.4 is 5.32 Å². The number of hydrogen-bond donors (Lipinski definition) is 1. The second kappa shape index (κ2) is 4.21. The molecule has 1 N–H and O–H groups in total. The predicted molar refractivity (Wildman–Crippen MR) is 67.2 cm³/mol. The first kappa shape index (κ1) is 11.9. The third kappa shape index (κ3) is 2.51. The van der Waals surface area contributed by atoms with Crippen LogP contribution in [0, 0.1) is 5.92 Å². The number of piperidine rings is 1. The fraction of sp³-hybridized carbons (Fsp3) is 1.00. The molecule has 1 saturated carbocycles. The van der Waals surface area contributed by atoms with Crippen LogP contribution >= 0.6 is 0 Å². The maximum atomic E-state index is 12.2. The van der Waals surface area contributed by atoms with Gasteiger partial charge in [-0.1, -0.05) is 0 Å². The average Bonchev–Trinajstić information content (AvgIpc) is 3.02. The molecule has 1 aliphatic carbocycles. The van der Waals surface area contributed by atoms with Gasteiger partial charge >= 0.3 is 0 Å². The van der Waals surface area contributed by atoms with Crippen molar-refractivity contribution < 1.29 is 8.42 Å². The minimum Gasteiger partial charge on any atom is -0.311 e. The van der Waals surface area contributed by atoms with E-state index in [1.54, 1.807) is 11.4 Å². The Hall–Kier alpha value is -0.130. The molecule has 4 nitrogen and oxygen atoms in total. The number of sulfonamides is 1. The quantitative estimate of drug-likeness (QED) is 0.816. The van der Waals surface area contributed by atoms with Crippen molar-refractivity contribution in [1.82, 2.24) is 9.62 Å². The Balaban J connectivity index is 1.66. The van der Waals surface area contributed by atoms with E-state index in [0.717, 1.165) is 25.7 Å². The van der Waals surface area contributed by atoms with Crippen LogP contribution in [0.5, 0.6) is 0 Å². The lowest BCUT2D eigenvalue weighted by Crippen LogP contribution is -2.49.